The number of amides is 1. The first-order valence-electron chi connectivity index (χ1n) is 8.68. The van der Waals surface area contributed by atoms with Crippen LogP contribution in [0.5, 0.6) is 5.75 Å². The van der Waals surface area contributed by atoms with E-state index in [4.69, 9.17) is 14.7 Å². The number of nitrogens with one attached hydrogen (secondary N) is 1. The molecular weight excluding hydrogens is 318 g/mol. The molecule has 0 saturated carbocycles. The van der Waals surface area contributed by atoms with Crippen LogP contribution in [0.1, 0.15) is 32.8 Å². The van der Waals surface area contributed by atoms with Crippen molar-refractivity contribution in [3.8, 4) is 11.8 Å². The highest BCUT2D eigenvalue weighted by molar-refractivity contribution is 5.67. The number of carbonyl (C=O) groups excluding carboxylic acids is 1. The minimum Gasteiger partial charge on any atom is -0.492 e. The Balaban J connectivity index is 1.64. The third-order valence-electron chi connectivity index (χ3n) is 3.94. The van der Waals surface area contributed by atoms with Gasteiger partial charge in [0, 0.05) is 19.6 Å². The van der Waals surface area contributed by atoms with Gasteiger partial charge < -0.3 is 14.8 Å². The molecule has 0 aliphatic carbocycles. The van der Waals surface area contributed by atoms with Gasteiger partial charge in [0.2, 0.25) is 0 Å². The van der Waals surface area contributed by atoms with Gasteiger partial charge >= 0.3 is 6.09 Å². The zero-order valence-corrected chi connectivity index (χ0v) is 15.2. The van der Waals surface area contributed by atoms with Crippen LogP contribution >= 0.6 is 0 Å². The van der Waals surface area contributed by atoms with E-state index in [9.17, 15) is 4.79 Å². The molecule has 1 atom stereocenters. The Labute approximate surface area is 149 Å². The molecule has 0 bridgehead atoms. The Bertz CT molecular complexity index is 619. The molecule has 1 aromatic rings. The van der Waals surface area contributed by atoms with Crippen LogP contribution in [0.3, 0.4) is 0 Å². The molecule has 136 valence electrons. The lowest BCUT2D eigenvalue weighted by Crippen LogP contribution is -2.36. The van der Waals surface area contributed by atoms with Gasteiger partial charge in [-0.25, -0.2) is 4.79 Å². The van der Waals surface area contributed by atoms with Crippen molar-refractivity contribution in [3.63, 3.8) is 0 Å². The maximum absolute atomic E-state index is 11.7. The van der Waals surface area contributed by atoms with Gasteiger partial charge in [0.1, 0.15) is 18.0 Å². The Morgan fingerprint density at radius 2 is 2.24 bits per heavy atom. The van der Waals surface area contributed by atoms with E-state index >= 15 is 0 Å². The molecule has 1 aliphatic heterocycles. The predicted octanol–water partition coefficient (Wildman–Crippen LogP) is 2.78. The molecule has 1 N–H and O–H groups in total. The Hall–Kier alpha value is -2.26. The van der Waals surface area contributed by atoms with Crippen molar-refractivity contribution in [1.29, 1.82) is 5.26 Å². The van der Waals surface area contributed by atoms with Crippen LogP contribution in [0.15, 0.2) is 24.3 Å². The van der Waals surface area contributed by atoms with Gasteiger partial charge in [-0.1, -0.05) is 6.07 Å². The summed E-state index contributed by atoms with van der Waals surface area (Å²) >= 11 is 0. The molecule has 1 heterocycles. The van der Waals surface area contributed by atoms with E-state index in [1.54, 1.807) is 12.1 Å². The normalized spacial score (nSPS) is 17.8. The van der Waals surface area contributed by atoms with E-state index in [2.05, 4.69) is 16.3 Å². The second kappa shape index (κ2) is 8.72. The third-order valence-corrected chi connectivity index (χ3v) is 3.94. The van der Waals surface area contributed by atoms with Crippen LogP contribution in [0.4, 0.5) is 4.79 Å². The molecule has 1 saturated heterocycles. The third kappa shape index (κ3) is 7.02. The first-order valence-corrected chi connectivity index (χ1v) is 8.68. The number of benzene rings is 1. The van der Waals surface area contributed by atoms with Gasteiger partial charge in [-0.15, -0.1) is 0 Å². The van der Waals surface area contributed by atoms with Gasteiger partial charge in [-0.3, -0.25) is 4.90 Å². The number of nitriles is 1. The number of hydrogen-bond acceptors (Lipinski definition) is 5. The smallest absolute Gasteiger partial charge is 0.407 e. The van der Waals surface area contributed by atoms with Crippen molar-refractivity contribution in [2.24, 2.45) is 5.92 Å². The molecule has 1 aromatic carbocycles. The highest BCUT2D eigenvalue weighted by atomic mass is 16.6. The number of hydrogen-bond donors (Lipinski definition) is 1. The summed E-state index contributed by atoms with van der Waals surface area (Å²) in [7, 11) is 0. The molecule has 0 spiro atoms. The molecule has 1 fully saturated rings. The number of nitrogens with zero attached hydrogens (tertiary/aromatic N) is 2. The molecule has 1 aliphatic rings. The number of alkyl carbamates (subject to hydrolysis) is 1. The van der Waals surface area contributed by atoms with Gasteiger partial charge in [-0.2, -0.15) is 5.26 Å². The minimum absolute atomic E-state index is 0.355. The second-order valence-corrected chi connectivity index (χ2v) is 7.33. The molecule has 1 amide bonds. The maximum Gasteiger partial charge on any atom is 0.407 e. The van der Waals surface area contributed by atoms with E-state index in [0.29, 0.717) is 24.6 Å². The predicted molar refractivity (Wildman–Crippen MR) is 95.4 cm³/mol. The first kappa shape index (κ1) is 19.1. The van der Waals surface area contributed by atoms with Gasteiger partial charge in [0.05, 0.1) is 11.6 Å². The lowest BCUT2D eigenvalue weighted by Gasteiger charge is -2.21. The first-order chi connectivity index (χ1) is 11.9. The van der Waals surface area contributed by atoms with Crippen molar-refractivity contribution in [2.75, 3.05) is 32.8 Å². The van der Waals surface area contributed by atoms with Crippen LogP contribution in [0.25, 0.3) is 0 Å². The molecule has 0 radical (unpaired) electrons. The van der Waals surface area contributed by atoms with Crippen molar-refractivity contribution >= 4 is 6.09 Å². The Morgan fingerprint density at radius 1 is 1.44 bits per heavy atom. The molecule has 6 nitrogen and oxygen atoms in total. The van der Waals surface area contributed by atoms with Crippen LogP contribution in [-0.2, 0) is 4.74 Å². The summed E-state index contributed by atoms with van der Waals surface area (Å²) in [6.07, 6.45) is 0.700. The Morgan fingerprint density at radius 3 is 2.96 bits per heavy atom. The van der Waals surface area contributed by atoms with E-state index in [1.165, 1.54) is 0 Å². The highest BCUT2D eigenvalue weighted by Gasteiger charge is 2.23. The lowest BCUT2D eigenvalue weighted by atomic mass is 10.1. The summed E-state index contributed by atoms with van der Waals surface area (Å²) in [6.45, 7) is 9.57. The SMILES string of the molecule is CC(C)(C)OC(=O)NCC1CCN(CCOc2cccc(C#N)c2)C1. The topological polar surface area (TPSA) is 74.6 Å². The Kier molecular flexibility index (Phi) is 6.65. The zero-order chi connectivity index (χ0) is 18.3. The van der Waals surface area contributed by atoms with Crippen LogP contribution in [-0.4, -0.2) is 49.4 Å². The number of ether oxygens (including phenoxy) is 2. The fraction of sp³-hybridized carbons (Fsp3) is 0.579. The zero-order valence-electron chi connectivity index (χ0n) is 15.2. The number of carbonyl (C=O) groups is 1. The summed E-state index contributed by atoms with van der Waals surface area (Å²) in [4.78, 5) is 14.0. The average molecular weight is 345 g/mol. The van der Waals surface area contributed by atoms with Crippen molar-refractivity contribution < 1.29 is 14.3 Å². The van der Waals surface area contributed by atoms with E-state index < -0.39 is 5.60 Å². The van der Waals surface area contributed by atoms with E-state index in [0.717, 1.165) is 31.8 Å². The summed E-state index contributed by atoms with van der Waals surface area (Å²) in [6, 6.07) is 9.29. The fourth-order valence-corrected chi connectivity index (χ4v) is 2.77. The van der Waals surface area contributed by atoms with Crippen molar-refractivity contribution in [1.82, 2.24) is 10.2 Å². The average Bonchev–Trinajstić information content (AvgIpc) is 2.99. The maximum atomic E-state index is 11.7. The van der Waals surface area contributed by atoms with E-state index in [1.807, 2.05) is 32.9 Å². The molecule has 25 heavy (non-hydrogen) atoms. The van der Waals surface area contributed by atoms with Crippen LogP contribution < -0.4 is 10.1 Å². The highest BCUT2D eigenvalue weighted by Crippen LogP contribution is 2.16. The van der Waals surface area contributed by atoms with Crippen LogP contribution in [0.2, 0.25) is 0 Å². The van der Waals surface area contributed by atoms with Gasteiger partial charge in [0.15, 0.2) is 0 Å². The molecular formula is C19H27N3O3. The van der Waals surface area contributed by atoms with Crippen LogP contribution in [0, 0.1) is 17.2 Å². The van der Waals surface area contributed by atoms with Gasteiger partial charge in [0.25, 0.3) is 0 Å². The quantitative estimate of drug-likeness (QED) is 0.858. The summed E-state index contributed by atoms with van der Waals surface area (Å²) in [5, 5.41) is 11.7. The number of likely N-dealkylation sites (tertiary alicyclic amines) is 1. The largest absolute Gasteiger partial charge is 0.492 e. The van der Waals surface area contributed by atoms with Crippen molar-refractivity contribution in [3.05, 3.63) is 29.8 Å². The number of rotatable bonds is 6. The monoisotopic (exact) mass is 345 g/mol. The fourth-order valence-electron chi connectivity index (χ4n) is 2.77. The lowest BCUT2D eigenvalue weighted by molar-refractivity contribution is 0.0519. The minimum atomic E-state index is -0.466. The summed E-state index contributed by atoms with van der Waals surface area (Å²) in [5.41, 5.74) is 0.137. The molecule has 6 heteroatoms. The second-order valence-electron chi connectivity index (χ2n) is 7.33. The van der Waals surface area contributed by atoms with E-state index in [-0.39, 0.29) is 6.09 Å². The van der Waals surface area contributed by atoms with Gasteiger partial charge in [-0.05, 0) is 57.9 Å². The van der Waals surface area contributed by atoms with Crippen molar-refractivity contribution in [2.45, 2.75) is 32.8 Å². The standard InChI is InChI=1S/C19H27N3O3/c1-19(2,3)25-18(23)21-13-16-7-8-22(14-16)9-10-24-17-6-4-5-15(11-17)12-20/h4-6,11,16H,7-10,13-14H2,1-3H3,(H,21,23). The summed E-state index contributed by atoms with van der Waals surface area (Å²) < 4.78 is 11.0. The molecule has 1 unspecified atom stereocenters. The molecule has 0 aromatic heterocycles. The summed E-state index contributed by atoms with van der Waals surface area (Å²) in [5.74, 6) is 1.16. The molecule has 2 rings (SSSR count).